The lowest BCUT2D eigenvalue weighted by molar-refractivity contribution is -0.140. The zero-order valence-electron chi connectivity index (χ0n) is 14.6. The van der Waals surface area contributed by atoms with E-state index in [1.165, 1.54) is 0 Å². The summed E-state index contributed by atoms with van der Waals surface area (Å²) in [6.45, 7) is 3.69. The third-order valence-corrected chi connectivity index (χ3v) is 4.57. The number of aromatic nitrogens is 3. The van der Waals surface area contributed by atoms with Gasteiger partial charge < -0.3 is 14.2 Å². The van der Waals surface area contributed by atoms with Crippen molar-refractivity contribution in [3.63, 3.8) is 0 Å². The minimum atomic E-state index is -0.686. The van der Waals surface area contributed by atoms with Gasteiger partial charge in [0.2, 0.25) is 6.10 Å². The maximum absolute atomic E-state index is 13.3. The van der Waals surface area contributed by atoms with Crippen LogP contribution in [-0.4, -0.2) is 32.1 Å². The normalized spacial score (nSPS) is 14.6. The van der Waals surface area contributed by atoms with Crippen molar-refractivity contribution in [2.24, 2.45) is 0 Å². The summed E-state index contributed by atoms with van der Waals surface area (Å²) in [6.07, 6.45) is -0.686. The number of benzene rings is 2. The minimum Gasteiger partial charge on any atom is -0.476 e. The highest BCUT2D eigenvalue weighted by molar-refractivity contribution is 5.82. The van der Waals surface area contributed by atoms with Crippen LogP contribution in [0.1, 0.15) is 23.3 Å². The fourth-order valence-corrected chi connectivity index (χ4v) is 3.18. The standard InChI is InChI=1S/C20H20N4O2/c1-15-21-22-18-14-23(12-13-24(15)18)20(25)19(16-8-4-2-5-9-16)26-17-10-6-3-7-11-17/h2-11,19H,12-14H2,1H3/t19-/m1/s1. The van der Waals surface area contributed by atoms with Gasteiger partial charge in [0.15, 0.2) is 5.82 Å². The summed E-state index contributed by atoms with van der Waals surface area (Å²) < 4.78 is 8.13. The SMILES string of the molecule is Cc1nnc2n1CCN(C(=O)[C@H](Oc1ccccc1)c1ccccc1)C2. The largest absolute Gasteiger partial charge is 0.476 e. The fourth-order valence-electron chi connectivity index (χ4n) is 3.18. The Balaban J connectivity index is 1.60. The van der Waals surface area contributed by atoms with E-state index < -0.39 is 6.10 Å². The molecule has 0 radical (unpaired) electrons. The lowest BCUT2D eigenvalue weighted by atomic mass is 10.1. The topological polar surface area (TPSA) is 60.2 Å². The first-order chi connectivity index (χ1) is 12.7. The summed E-state index contributed by atoms with van der Waals surface area (Å²) in [4.78, 5) is 15.1. The molecule has 26 heavy (non-hydrogen) atoms. The average molecular weight is 348 g/mol. The van der Waals surface area contributed by atoms with Gasteiger partial charge in [0.25, 0.3) is 5.91 Å². The molecule has 132 valence electrons. The Kier molecular flexibility index (Phi) is 4.39. The molecule has 2 aromatic carbocycles. The zero-order chi connectivity index (χ0) is 17.9. The molecule has 0 spiro atoms. The molecule has 0 aliphatic carbocycles. The highest BCUT2D eigenvalue weighted by Crippen LogP contribution is 2.25. The van der Waals surface area contributed by atoms with Crippen molar-refractivity contribution in [1.82, 2.24) is 19.7 Å². The van der Waals surface area contributed by atoms with E-state index in [1.54, 1.807) is 4.90 Å². The highest BCUT2D eigenvalue weighted by Gasteiger charge is 2.31. The number of nitrogens with zero attached hydrogens (tertiary/aromatic N) is 4. The van der Waals surface area contributed by atoms with Crippen LogP contribution in [0.25, 0.3) is 0 Å². The molecule has 0 saturated carbocycles. The van der Waals surface area contributed by atoms with E-state index in [4.69, 9.17) is 4.74 Å². The second-order valence-corrected chi connectivity index (χ2v) is 6.30. The maximum Gasteiger partial charge on any atom is 0.268 e. The van der Waals surface area contributed by atoms with E-state index in [0.29, 0.717) is 25.4 Å². The third kappa shape index (κ3) is 3.18. The van der Waals surface area contributed by atoms with Gasteiger partial charge in [-0.05, 0) is 19.1 Å². The predicted octanol–water partition coefficient (Wildman–Crippen LogP) is 2.75. The van der Waals surface area contributed by atoms with E-state index in [9.17, 15) is 4.79 Å². The Hall–Kier alpha value is -3.15. The van der Waals surface area contributed by atoms with Crippen LogP contribution in [0.3, 0.4) is 0 Å². The van der Waals surface area contributed by atoms with Crippen molar-refractivity contribution in [1.29, 1.82) is 0 Å². The number of para-hydroxylation sites is 1. The molecule has 0 N–H and O–H groups in total. The monoisotopic (exact) mass is 348 g/mol. The number of amides is 1. The Bertz CT molecular complexity index is 893. The summed E-state index contributed by atoms with van der Waals surface area (Å²) in [7, 11) is 0. The van der Waals surface area contributed by atoms with Crippen LogP contribution in [0.2, 0.25) is 0 Å². The van der Waals surface area contributed by atoms with E-state index in [2.05, 4.69) is 14.8 Å². The molecule has 1 atom stereocenters. The number of hydrogen-bond acceptors (Lipinski definition) is 4. The van der Waals surface area contributed by atoms with Gasteiger partial charge in [0.05, 0.1) is 6.54 Å². The molecule has 4 rings (SSSR count). The van der Waals surface area contributed by atoms with E-state index in [0.717, 1.165) is 17.2 Å². The van der Waals surface area contributed by atoms with Crippen molar-refractivity contribution in [2.45, 2.75) is 26.1 Å². The van der Waals surface area contributed by atoms with E-state index in [1.807, 2.05) is 67.6 Å². The number of ether oxygens (including phenoxy) is 1. The molecule has 0 bridgehead atoms. The number of fused-ring (bicyclic) bond motifs is 1. The molecule has 0 unspecified atom stereocenters. The van der Waals surface area contributed by atoms with Crippen LogP contribution in [0.5, 0.6) is 5.75 Å². The number of carbonyl (C=O) groups is 1. The molecule has 1 aliphatic heterocycles. The fraction of sp³-hybridized carbons (Fsp3) is 0.250. The van der Waals surface area contributed by atoms with Crippen LogP contribution >= 0.6 is 0 Å². The molecule has 0 saturated heterocycles. The van der Waals surface area contributed by atoms with Crippen LogP contribution in [-0.2, 0) is 17.9 Å². The van der Waals surface area contributed by atoms with E-state index in [-0.39, 0.29) is 5.91 Å². The van der Waals surface area contributed by atoms with Crippen LogP contribution in [0.4, 0.5) is 0 Å². The zero-order valence-corrected chi connectivity index (χ0v) is 14.6. The summed E-state index contributed by atoms with van der Waals surface area (Å²) in [6, 6.07) is 19.0. The average Bonchev–Trinajstić information content (AvgIpc) is 3.07. The lowest BCUT2D eigenvalue weighted by Gasteiger charge is -2.31. The van der Waals surface area contributed by atoms with Gasteiger partial charge in [-0.25, -0.2) is 0 Å². The van der Waals surface area contributed by atoms with Crippen LogP contribution < -0.4 is 4.74 Å². The van der Waals surface area contributed by atoms with Crippen molar-refractivity contribution < 1.29 is 9.53 Å². The van der Waals surface area contributed by atoms with Crippen molar-refractivity contribution in [3.05, 3.63) is 77.9 Å². The molecule has 1 aliphatic rings. The van der Waals surface area contributed by atoms with Crippen LogP contribution in [0, 0.1) is 6.92 Å². The summed E-state index contributed by atoms with van der Waals surface area (Å²) in [5.41, 5.74) is 0.838. The Morgan fingerprint density at radius 3 is 2.42 bits per heavy atom. The van der Waals surface area contributed by atoms with Gasteiger partial charge in [0.1, 0.15) is 11.6 Å². The van der Waals surface area contributed by atoms with Crippen molar-refractivity contribution in [3.8, 4) is 5.75 Å². The first kappa shape index (κ1) is 16.3. The first-order valence-electron chi connectivity index (χ1n) is 8.66. The Morgan fingerprint density at radius 1 is 1.00 bits per heavy atom. The first-order valence-corrected chi connectivity index (χ1v) is 8.66. The quantitative estimate of drug-likeness (QED) is 0.727. The maximum atomic E-state index is 13.3. The van der Waals surface area contributed by atoms with Gasteiger partial charge in [0, 0.05) is 18.7 Å². The van der Waals surface area contributed by atoms with Crippen molar-refractivity contribution in [2.75, 3.05) is 6.54 Å². The second-order valence-electron chi connectivity index (χ2n) is 6.30. The summed E-state index contributed by atoms with van der Waals surface area (Å²) in [5.74, 6) is 2.30. The Labute approximate surface area is 152 Å². The van der Waals surface area contributed by atoms with Gasteiger partial charge in [-0.2, -0.15) is 0 Å². The van der Waals surface area contributed by atoms with Gasteiger partial charge >= 0.3 is 0 Å². The number of hydrogen-bond donors (Lipinski definition) is 0. The molecular formula is C20H20N4O2. The van der Waals surface area contributed by atoms with Crippen molar-refractivity contribution >= 4 is 5.91 Å². The highest BCUT2D eigenvalue weighted by atomic mass is 16.5. The number of aryl methyl sites for hydroxylation is 1. The van der Waals surface area contributed by atoms with Gasteiger partial charge in [-0.15, -0.1) is 10.2 Å². The molecule has 1 aromatic heterocycles. The lowest BCUT2D eigenvalue weighted by Crippen LogP contribution is -2.42. The smallest absolute Gasteiger partial charge is 0.268 e. The minimum absolute atomic E-state index is 0.0630. The molecule has 6 nitrogen and oxygen atoms in total. The number of rotatable bonds is 4. The molecule has 2 heterocycles. The van der Waals surface area contributed by atoms with Crippen LogP contribution in [0.15, 0.2) is 60.7 Å². The second kappa shape index (κ2) is 7.00. The van der Waals surface area contributed by atoms with Gasteiger partial charge in [-0.1, -0.05) is 48.5 Å². The molecule has 0 fully saturated rings. The Morgan fingerprint density at radius 2 is 1.69 bits per heavy atom. The van der Waals surface area contributed by atoms with Gasteiger partial charge in [-0.3, -0.25) is 4.79 Å². The molecule has 1 amide bonds. The summed E-state index contributed by atoms with van der Waals surface area (Å²) in [5, 5.41) is 8.29. The number of carbonyl (C=O) groups excluding carboxylic acids is 1. The summed E-state index contributed by atoms with van der Waals surface area (Å²) >= 11 is 0. The molecule has 3 aromatic rings. The predicted molar refractivity (Wildman–Crippen MR) is 96.4 cm³/mol. The molecule has 6 heteroatoms. The third-order valence-electron chi connectivity index (χ3n) is 4.57. The van der Waals surface area contributed by atoms with E-state index >= 15 is 0 Å². The molecular weight excluding hydrogens is 328 g/mol.